The Kier molecular flexibility index (Phi) is 4.67. The second-order valence-corrected chi connectivity index (χ2v) is 4.87. The third kappa shape index (κ3) is 4.71. The molecule has 4 nitrogen and oxygen atoms in total. The highest BCUT2D eigenvalue weighted by molar-refractivity contribution is 5.95. The minimum atomic E-state index is -0.529. The molecule has 0 amide bonds. The zero-order valence-corrected chi connectivity index (χ0v) is 10.9. The van der Waals surface area contributed by atoms with Crippen LogP contribution in [0.3, 0.4) is 0 Å². The largest absolute Gasteiger partial charge is 0.488 e. The Bertz CT molecular complexity index is 427. The molecule has 1 rings (SSSR count). The van der Waals surface area contributed by atoms with Gasteiger partial charge in [0.2, 0.25) is 0 Å². The number of hydrogen-bond acceptors (Lipinski definition) is 3. The van der Waals surface area contributed by atoms with Crippen LogP contribution in [0.15, 0.2) is 18.2 Å². The quantitative estimate of drug-likeness (QED) is 0.481. The van der Waals surface area contributed by atoms with E-state index in [1.165, 1.54) is 12.1 Å². The Morgan fingerprint density at radius 1 is 1.33 bits per heavy atom. The lowest BCUT2D eigenvalue weighted by atomic mass is 10.2. The summed E-state index contributed by atoms with van der Waals surface area (Å²) in [6.07, 6.45) is 0. The zero-order valence-electron chi connectivity index (χ0n) is 10.9. The molecule has 0 unspecified atom stereocenters. The molecule has 1 aromatic rings. The maximum absolute atomic E-state index is 13.6. The lowest BCUT2D eigenvalue weighted by molar-refractivity contribution is -0.0166. The fourth-order valence-electron chi connectivity index (χ4n) is 1.28. The normalized spacial score (nSPS) is 11.3. The van der Waals surface area contributed by atoms with Gasteiger partial charge in [-0.05, 0) is 39.0 Å². The van der Waals surface area contributed by atoms with Crippen LogP contribution >= 0.6 is 0 Å². The first kappa shape index (κ1) is 14.4. The molecule has 0 aliphatic carbocycles. The predicted molar refractivity (Wildman–Crippen MR) is 68.6 cm³/mol. The van der Waals surface area contributed by atoms with Crippen LogP contribution in [0.2, 0.25) is 0 Å². The van der Waals surface area contributed by atoms with E-state index in [2.05, 4.69) is 0 Å². The van der Waals surface area contributed by atoms with Crippen LogP contribution in [0.5, 0.6) is 5.75 Å². The summed E-state index contributed by atoms with van der Waals surface area (Å²) >= 11 is 0. The van der Waals surface area contributed by atoms with Crippen molar-refractivity contribution in [3.63, 3.8) is 0 Å². The van der Waals surface area contributed by atoms with Crippen LogP contribution < -0.4 is 10.5 Å². The van der Waals surface area contributed by atoms with Crippen molar-refractivity contribution in [3.05, 3.63) is 29.6 Å². The highest BCUT2D eigenvalue weighted by Gasteiger charge is 2.10. The molecule has 0 aliphatic rings. The number of benzene rings is 1. The van der Waals surface area contributed by atoms with E-state index >= 15 is 0 Å². The van der Waals surface area contributed by atoms with Gasteiger partial charge in [-0.1, -0.05) is 0 Å². The summed E-state index contributed by atoms with van der Waals surface area (Å²) in [7, 11) is 0. The summed E-state index contributed by atoms with van der Waals surface area (Å²) < 4.78 is 24.3. The van der Waals surface area contributed by atoms with Crippen molar-refractivity contribution < 1.29 is 13.9 Å². The van der Waals surface area contributed by atoms with E-state index in [0.29, 0.717) is 12.2 Å². The minimum Gasteiger partial charge on any atom is -0.488 e. The van der Waals surface area contributed by atoms with Gasteiger partial charge < -0.3 is 15.2 Å². The Morgan fingerprint density at radius 3 is 2.50 bits per heavy atom. The molecule has 0 saturated carbocycles. The van der Waals surface area contributed by atoms with Crippen LogP contribution in [0.25, 0.3) is 0 Å². The average molecular weight is 254 g/mol. The fraction of sp³-hybridized carbons (Fsp3) is 0.462. The van der Waals surface area contributed by atoms with E-state index in [1.54, 1.807) is 6.07 Å². The molecule has 0 spiro atoms. The van der Waals surface area contributed by atoms with Crippen molar-refractivity contribution in [2.24, 2.45) is 5.73 Å². The molecule has 18 heavy (non-hydrogen) atoms. The number of ether oxygens (including phenoxy) is 2. The highest BCUT2D eigenvalue weighted by atomic mass is 19.1. The summed E-state index contributed by atoms with van der Waals surface area (Å²) in [4.78, 5) is 0. The molecule has 0 heterocycles. The van der Waals surface area contributed by atoms with Crippen LogP contribution in [-0.4, -0.2) is 24.7 Å². The predicted octanol–water partition coefficient (Wildman–Crippen LogP) is 2.30. The van der Waals surface area contributed by atoms with Crippen LogP contribution in [0.1, 0.15) is 26.3 Å². The monoisotopic (exact) mass is 254 g/mol. The van der Waals surface area contributed by atoms with Gasteiger partial charge in [0.1, 0.15) is 12.4 Å². The zero-order chi connectivity index (χ0) is 13.8. The standard InChI is InChI=1S/C13H19FN2O2/c1-13(2,3)18-7-6-17-11-5-4-9(12(15)16)8-10(11)14/h4-5,8H,6-7H2,1-3H3,(H3,15,16). The van der Waals surface area contributed by atoms with Crippen LogP contribution in [0, 0.1) is 11.2 Å². The third-order valence-electron chi connectivity index (χ3n) is 2.12. The van der Waals surface area contributed by atoms with Crippen LogP contribution in [-0.2, 0) is 4.74 Å². The molecular formula is C13H19FN2O2. The molecule has 0 bridgehead atoms. The third-order valence-corrected chi connectivity index (χ3v) is 2.12. The molecule has 0 saturated heterocycles. The number of halogens is 1. The summed E-state index contributed by atoms with van der Waals surface area (Å²) in [6, 6.07) is 4.19. The Balaban J connectivity index is 2.51. The lowest BCUT2D eigenvalue weighted by Gasteiger charge is -2.19. The van der Waals surface area contributed by atoms with E-state index in [-0.39, 0.29) is 23.8 Å². The van der Waals surface area contributed by atoms with Gasteiger partial charge in [0.05, 0.1) is 12.2 Å². The van der Waals surface area contributed by atoms with Gasteiger partial charge in [0, 0.05) is 5.56 Å². The molecule has 100 valence electrons. The first-order valence-electron chi connectivity index (χ1n) is 5.70. The van der Waals surface area contributed by atoms with Gasteiger partial charge in [0.25, 0.3) is 0 Å². The highest BCUT2D eigenvalue weighted by Crippen LogP contribution is 2.18. The summed E-state index contributed by atoms with van der Waals surface area (Å²) in [5.74, 6) is -0.563. The molecule has 0 atom stereocenters. The van der Waals surface area contributed by atoms with E-state index in [1.807, 2.05) is 20.8 Å². The smallest absolute Gasteiger partial charge is 0.165 e. The van der Waals surface area contributed by atoms with Crippen molar-refractivity contribution >= 4 is 5.84 Å². The van der Waals surface area contributed by atoms with E-state index in [9.17, 15) is 4.39 Å². The molecule has 0 aliphatic heterocycles. The van der Waals surface area contributed by atoms with Gasteiger partial charge in [-0.25, -0.2) is 4.39 Å². The van der Waals surface area contributed by atoms with E-state index in [0.717, 1.165) is 0 Å². The summed E-state index contributed by atoms with van der Waals surface area (Å²) in [5, 5.41) is 7.19. The average Bonchev–Trinajstić information content (AvgIpc) is 2.24. The molecular weight excluding hydrogens is 235 g/mol. The van der Waals surface area contributed by atoms with Gasteiger partial charge in [0.15, 0.2) is 11.6 Å². The number of rotatable bonds is 5. The van der Waals surface area contributed by atoms with Crippen molar-refractivity contribution in [2.75, 3.05) is 13.2 Å². The number of nitrogens with two attached hydrogens (primary N) is 1. The van der Waals surface area contributed by atoms with Crippen molar-refractivity contribution in [1.29, 1.82) is 5.41 Å². The van der Waals surface area contributed by atoms with Gasteiger partial charge in [-0.15, -0.1) is 0 Å². The van der Waals surface area contributed by atoms with Crippen molar-refractivity contribution in [3.8, 4) is 5.75 Å². The molecule has 0 fully saturated rings. The fourth-order valence-corrected chi connectivity index (χ4v) is 1.28. The molecule has 1 aromatic carbocycles. The maximum atomic E-state index is 13.6. The van der Waals surface area contributed by atoms with Gasteiger partial charge in [-0.2, -0.15) is 0 Å². The number of amidine groups is 1. The molecule has 5 heteroatoms. The second kappa shape index (κ2) is 5.82. The Labute approximate surface area is 106 Å². The first-order chi connectivity index (χ1) is 8.29. The van der Waals surface area contributed by atoms with E-state index in [4.69, 9.17) is 20.6 Å². The summed E-state index contributed by atoms with van der Waals surface area (Å²) in [6.45, 7) is 6.48. The number of nitrogens with one attached hydrogen (secondary N) is 1. The Hall–Kier alpha value is -1.62. The SMILES string of the molecule is CC(C)(C)OCCOc1ccc(C(=N)N)cc1F. The first-order valence-corrected chi connectivity index (χ1v) is 5.70. The number of hydrogen-bond donors (Lipinski definition) is 2. The minimum absolute atomic E-state index is 0.137. The molecule has 0 radical (unpaired) electrons. The van der Waals surface area contributed by atoms with Crippen molar-refractivity contribution in [2.45, 2.75) is 26.4 Å². The number of nitrogen functional groups attached to an aromatic ring is 1. The van der Waals surface area contributed by atoms with Crippen LogP contribution in [0.4, 0.5) is 4.39 Å². The lowest BCUT2D eigenvalue weighted by Crippen LogP contribution is -2.22. The van der Waals surface area contributed by atoms with Gasteiger partial charge in [-0.3, -0.25) is 5.41 Å². The molecule has 0 aromatic heterocycles. The topological polar surface area (TPSA) is 68.3 Å². The van der Waals surface area contributed by atoms with Gasteiger partial charge >= 0.3 is 0 Å². The Morgan fingerprint density at radius 2 is 2.00 bits per heavy atom. The maximum Gasteiger partial charge on any atom is 0.165 e. The summed E-state index contributed by atoms with van der Waals surface area (Å²) in [5.41, 5.74) is 5.36. The van der Waals surface area contributed by atoms with Crippen molar-refractivity contribution in [1.82, 2.24) is 0 Å². The van der Waals surface area contributed by atoms with E-state index < -0.39 is 5.82 Å². The second-order valence-electron chi connectivity index (χ2n) is 4.87. The molecule has 3 N–H and O–H groups in total.